The summed E-state index contributed by atoms with van der Waals surface area (Å²) >= 11 is 1.26. The maximum Gasteiger partial charge on any atom is 0.431 e. The fourth-order valence-electron chi connectivity index (χ4n) is 3.78. The molecule has 0 spiro atoms. The first-order valence-electron chi connectivity index (χ1n) is 10.3. The number of thioether (sulfide) groups is 1. The number of anilines is 2. The Morgan fingerprint density at radius 3 is 2.34 bits per heavy atom. The highest BCUT2D eigenvalue weighted by Gasteiger charge is 2.37. The van der Waals surface area contributed by atoms with Crippen molar-refractivity contribution in [3.8, 4) is 0 Å². The lowest BCUT2D eigenvalue weighted by Gasteiger charge is -2.23. The van der Waals surface area contributed by atoms with Crippen LogP contribution in [0.15, 0.2) is 27.9 Å². The van der Waals surface area contributed by atoms with Crippen molar-refractivity contribution in [2.24, 2.45) is 7.05 Å². The van der Waals surface area contributed by atoms with Crippen LogP contribution < -0.4 is 16.2 Å². The molecule has 1 amide bonds. The van der Waals surface area contributed by atoms with E-state index in [1.54, 1.807) is 0 Å². The quantitative estimate of drug-likeness (QED) is 0.282. The van der Waals surface area contributed by atoms with Crippen LogP contribution in [0, 0.1) is 0 Å². The average Bonchev–Trinajstić information content (AvgIpc) is 3.08. The molecule has 1 unspecified atom stereocenters. The molecular formula is C21H23F5N5O2PS. The zero-order valence-electron chi connectivity index (χ0n) is 19.2. The van der Waals surface area contributed by atoms with Crippen LogP contribution in [0.25, 0.3) is 11.0 Å². The van der Waals surface area contributed by atoms with Gasteiger partial charge in [-0.15, -0.1) is 11.8 Å². The van der Waals surface area contributed by atoms with E-state index in [1.807, 2.05) is 6.92 Å². The highest BCUT2D eigenvalue weighted by Crippen LogP contribution is 2.38. The lowest BCUT2D eigenvalue weighted by Crippen LogP contribution is -2.37. The molecule has 7 nitrogen and oxygen atoms in total. The molecule has 0 bridgehead atoms. The summed E-state index contributed by atoms with van der Waals surface area (Å²) in [5, 5.41) is 0. The lowest BCUT2D eigenvalue weighted by atomic mass is 10.1. The minimum absolute atomic E-state index is 0.0466. The van der Waals surface area contributed by atoms with Gasteiger partial charge in [-0.05, 0) is 30.9 Å². The van der Waals surface area contributed by atoms with Crippen molar-refractivity contribution < 1.29 is 26.7 Å². The maximum atomic E-state index is 14.0. The Morgan fingerprint density at radius 2 is 1.83 bits per heavy atom. The van der Waals surface area contributed by atoms with Gasteiger partial charge in [0.25, 0.3) is 11.5 Å². The highest BCUT2D eigenvalue weighted by molar-refractivity contribution is 7.99. The number of hydrogen-bond donors (Lipinski definition) is 1. The van der Waals surface area contributed by atoms with Crippen molar-refractivity contribution in [2.45, 2.75) is 37.1 Å². The Balaban J connectivity index is 2.20. The number of amides is 1. The van der Waals surface area contributed by atoms with Crippen molar-refractivity contribution in [1.82, 2.24) is 14.1 Å². The van der Waals surface area contributed by atoms with E-state index in [4.69, 9.17) is 5.73 Å². The Morgan fingerprint density at radius 1 is 1.20 bits per heavy atom. The third kappa shape index (κ3) is 4.88. The van der Waals surface area contributed by atoms with Crippen molar-refractivity contribution in [3.63, 3.8) is 0 Å². The molecule has 0 saturated carbocycles. The van der Waals surface area contributed by atoms with E-state index in [0.29, 0.717) is 26.8 Å². The first kappa shape index (κ1) is 26.9. The smallest absolute Gasteiger partial charge is 0.397 e. The predicted octanol–water partition coefficient (Wildman–Crippen LogP) is 4.67. The number of aromatic nitrogens is 3. The molecule has 0 aliphatic heterocycles. The molecular weight excluding hydrogens is 512 g/mol. The van der Waals surface area contributed by atoms with E-state index in [-0.39, 0.29) is 17.6 Å². The lowest BCUT2D eigenvalue weighted by molar-refractivity contribution is -0.144. The van der Waals surface area contributed by atoms with E-state index in [9.17, 15) is 31.5 Å². The average molecular weight is 535 g/mol. The molecule has 3 rings (SSSR count). The van der Waals surface area contributed by atoms with E-state index < -0.39 is 46.2 Å². The Hall–Kier alpha value is -2.66. The molecule has 2 N–H and O–H groups in total. The minimum Gasteiger partial charge on any atom is -0.397 e. The molecule has 1 atom stereocenters. The van der Waals surface area contributed by atoms with Gasteiger partial charge in [-0.3, -0.25) is 9.59 Å². The minimum atomic E-state index is -4.82. The number of hydrogen-bond acceptors (Lipinski definition) is 5. The molecule has 14 heteroatoms. The fourth-order valence-corrected chi connectivity index (χ4v) is 4.85. The molecule has 35 heavy (non-hydrogen) atoms. The first-order chi connectivity index (χ1) is 16.1. The van der Waals surface area contributed by atoms with Crippen LogP contribution in [0.5, 0.6) is 0 Å². The zero-order valence-corrected chi connectivity index (χ0v) is 21.2. The van der Waals surface area contributed by atoms with Crippen LogP contribution >= 0.6 is 21.0 Å². The molecule has 2 aromatic heterocycles. The van der Waals surface area contributed by atoms with Crippen LogP contribution in [-0.4, -0.2) is 32.8 Å². The van der Waals surface area contributed by atoms with Gasteiger partial charge in [0.2, 0.25) is 0 Å². The van der Waals surface area contributed by atoms with Gasteiger partial charge < -0.3 is 19.8 Å². The molecule has 2 heterocycles. The van der Waals surface area contributed by atoms with Gasteiger partial charge in [0, 0.05) is 25.5 Å². The monoisotopic (exact) mass is 535 g/mol. The molecule has 1 aromatic carbocycles. The normalized spacial score (nSPS) is 12.4. The van der Waals surface area contributed by atoms with Gasteiger partial charge in [-0.1, -0.05) is 16.2 Å². The number of carbonyl (C=O) groups is 1. The summed E-state index contributed by atoms with van der Waals surface area (Å²) < 4.78 is 69.8. The van der Waals surface area contributed by atoms with Gasteiger partial charge in [0.05, 0.1) is 22.3 Å². The largest absolute Gasteiger partial charge is 0.431 e. The van der Waals surface area contributed by atoms with Gasteiger partial charge in [-0.25, -0.2) is 4.98 Å². The number of imidazole rings is 1. The Bertz CT molecular complexity index is 1360. The van der Waals surface area contributed by atoms with Crippen LogP contribution in [0.1, 0.15) is 35.7 Å². The summed E-state index contributed by atoms with van der Waals surface area (Å²) in [6.45, 7) is 2.89. The van der Waals surface area contributed by atoms with Gasteiger partial charge in [0.1, 0.15) is 11.4 Å². The number of pyridine rings is 1. The number of benzene rings is 1. The predicted molar refractivity (Wildman–Crippen MR) is 129 cm³/mol. The number of fused-ring (bicyclic) bond motifs is 1. The van der Waals surface area contributed by atoms with Crippen LogP contribution in [0.3, 0.4) is 0 Å². The van der Waals surface area contributed by atoms with Gasteiger partial charge >= 0.3 is 11.8 Å². The molecule has 0 saturated heterocycles. The number of nitrogens with zero attached hydrogens (tertiary/aromatic N) is 4. The topological polar surface area (TPSA) is 86.2 Å². The number of aryl methyl sites for hydroxylation is 1. The number of alkyl halides is 5. The molecule has 0 radical (unpaired) electrons. The van der Waals surface area contributed by atoms with E-state index >= 15 is 0 Å². The zero-order chi connectivity index (χ0) is 26.5. The summed E-state index contributed by atoms with van der Waals surface area (Å²) in [5.74, 6) is -0.745. The van der Waals surface area contributed by atoms with Crippen molar-refractivity contribution >= 4 is 49.3 Å². The van der Waals surface area contributed by atoms with Crippen LogP contribution in [0.4, 0.5) is 33.3 Å². The van der Waals surface area contributed by atoms with E-state index in [0.717, 1.165) is 4.90 Å². The number of carbonyl (C=O) groups excluding carboxylic acids is 1. The number of halogens is 5. The second-order valence-electron chi connectivity index (χ2n) is 7.63. The number of nitrogens with two attached hydrogens (primary N) is 1. The molecule has 0 aliphatic carbocycles. The van der Waals surface area contributed by atoms with Crippen molar-refractivity contribution in [1.29, 1.82) is 0 Å². The van der Waals surface area contributed by atoms with E-state index in [1.165, 1.54) is 58.7 Å². The fraction of sp³-hybridized carbons (Fsp3) is 0.381. The standard InChI is InChI=1S/C21H23F5N5O2PS/c1-5-31-15(20(22,23)24)8-11(27)16(18(31)33)30(4)17(32)10-7-12-13(9-14(10)35-6-2)29(3)19(28-12)21(25,26)34/h7-9H,5-6,27,34H2,1-4H3. The molecule has 3 aromatic rings. The SMILES string of the molecule is CCSc1cc2c(cc1C(=O)N(C)c1c(N)cc(C(F)(F)F)n(CC)c1=O)nc(C(F)(F)P)n2C. The molecule has 0 aliphatic rings. The maximum absolute atomic E-state index is 14.0. The third-order valence-electron chi connectivity index (χ3n) is 5.36. The Labute approximate surface area is 203 Å². The second kappa shape index (κ2) is 9.42. The van der Waals surface area contributed by atoms with Crippen LogP contribution in [-0.2, 0) is 25.4 Å². The molecule has 190 valence electrons. The van der Waals surface area contributed by atoms with Gasteiger partial charge in [0.15, 0.2) is 5.82 Å². The Kier molecular flexibility index (Phi) is 7.25. The van der Waals surface area contributed by atoms with Crippen LogP contribution in [0.2, 0.25) is 0 Å². The summed E-state index contributed by atoms with van der Waals surface area (Å²) in [7, 11) is 4.05. The summed E-state index contributed by atoms with van der Waals surface area (Å²) in [6, 6.07) is 3.48. The van der Waals surface area contributed by atoms with Crippen molar-refractivity contribution in [3.05, 3.63) is 45.6 Å². The third-order valence-corrected chi connectivity index (χ3v) is 6.56. The van der Waals surface area contributed by atoms with E-state index in [2.05, 4.69) is 4.98 Å². The first-order valence-corrected chi connectivity index (χ1v) is 11.9. The summed E-state index contributed by atoms with van der Waals surface area (Å²) in [4.78, 5) is 31.7. The molecule has 0 fully saturated rings. The second-order valence-corrected chi connectivity index (χ2v) is 9.66. The van der Waals surface area contributed by atoms with Crippen molar-refractivity contribution in [2.75, 3.05) is 23.4 Å². The summed E-state index contributed by atoms with van der Waals surface area (Å²) in [5.41, 5.74) is -0.227. The summed E-state index contributed by atoms with van der Waals surface area (Å²) in [6.07, 6.45) is -4.82. The highest BCUT2D eigenvalue weighted by atomic mass is 32.2. The van der Waals surface area contributed by atoms with Gasteiger partial charge in [-0.2, -0.15) is 22.0 Å². The number of nitrogen functional groups attached to an aromatic ring is 1. The number of rotatable bonds is 6.